The molecule has 0 saturated heterocycles. The second-order valence-electron chi connectivity index (χ2n) is 4.92. The molecule has 0 atom stereocenters. The van der Waals surface area contributed by atoms with E-state index < -0.39 is 7.12 Å². The summed E-state index contributed by atoms with van der Waals surface area (Å²) < 4.78 is 5.66. The number of hydrogen-bond acceptors (Lipinski definition) is 4. The van der Waals surface area contributed by atoms with Gasteiger partial charge in [-0.25, -0.2) is 0 Å². The Hall–Kier alpha value is -1.04. The highest BCUT2D eigenvalue weighted by atomic mass is 16.5. The first-order valence-electron chi connectivity index (χ1n) is 6.87. The predicted molar refractivity (Wildman–Crippen MR) is 78.8 cm³/mol. The molecule has 5 heteroatoms. The molecule has 0 bridgehead atoms. The molecule has 4 nitrogen and oxygen atoms in total. The van der Waals surface area contributed by atoms with E-state index in [-0.39, 0.29) is 0 Å². The molecule has 0 aliphatic heterocycles. The van der Waals surface area contributed by atoms with E-state index in [1.165, 1.54) is 0 Å². The van der Waals surface area contributed by atoms with E-state index in [0.717, 1.165) is 19.5 Å². The van der Waals surface area contributed by atoms with Gasteiger partial charge in [-0.3, -0.25) is 4.90 Å². The predicted octanol–water partition coefficient (Wildman–Crippen LogP) is 0.866. The summed E-state index contributed by atoms with van der Waals surface area (Å²) in [5.74, 6) is 0.672. The van der Waals surface area contributed by atoms with Crippen LogP contribution in [0.25, 0.3) is 0 Å². The third kappa shape index (κ3) is 5.64. The average Bonchev–Trinajstić information content (AvgIpc) is 2.38. The van der Waals surface area contributed by atoms with Crippen LogP contribution in [0, 0.1) is 0 Å². The topological polar surface area (TPSA) is 52.9 Å². The SMILES string of the molecule is CCCN(CCOc1cccc(B(O)O)c1)C(C)C. The summed E-state index contributed by atoms with van der Waals surface area (Å²) in [5.41, 5.74) is 0.451. The summed E-state index contributed by atoms with van der Waals surface area (Å²) in [6.07, 6.45) is 1.13. The highest BCUT2D eigenvalue weighted by molar-refractivity contribution is 6.58. The Kier molecular flexibility index (Phi) is 6.91. The molecule has 1 rings (SSSR count). The van der Waals surface area contributed by atoms with Crippen LogP contribution in [0.5, 0.6) is 5.75 Å². The van der Waals surface area contributed by atoms with E-state index in [1.807, 2.05) is 6.07 Å². The van der Waals surface area contributed by atoms with Gasteiger partial charge in [0, 0.05) is 12.6 Å². The fourth-order valence-electron chi connectivity index (χ4n) is 1.96. The van der Waals surface area contributed by atoms with Gasteiger partial charge in [0.05, 0.1) is 0 Å². The lowest BCUT2D eigenvalue weighted by atomic mass is 9.80. The summed E-state index contributed by atoms with van der Waals surface area (Å²) in [6.45, 7) is 9.07. The van der Waals surface area contributed by atoms with Crippen molar-refractivity contribution in [3.8, 4) is 5.75 Å². The molecule has 1 aromatic carbocycles. The van der Waals surface area contributed by atoms with Crippen LogP contribution in [0.3, 0.4) is 0 Å². The molecule has 106 valence electrons. The third-order valence-electron chi connectivity index (χ3n) is 3.04. The van der Waals surface area contributed by atoms with Crippen molar-refractivity contribution in [1.29, 1.82) is 0 Å². The standard InChI is InChI=1S/C14H24BNO3/c1-4-8-16(12(2)3)9-10-19-14-7-5-6-13(11-14)15(17)18/h5-7,11-12,17-18H,4,8-10H2,1-3H3. The Morgan fingerprint density at radius 1 is 1.26 bits per heavy atom. The van der Waals surface area contributed by atoms with Crippen LogP contribution in [0.15, 0.2) is 24.3 Å². The Labute approximate surface area is 116 Å². The van der Waals surface area contributed by atoms with Crippen molar-refractivity contribution in [2.75, 3.05) is 19.7 Å². The maximum Gasteiger partial charge on any atom is 0.488 e. The normalized spacial score (nSPS) is 11.1. The van der Waals surface area contributed by atoms with E-state index in [2.05, 4.69) is 25.7 Å². The minimum atomic E-state index is -1.45. The van der Waals surface area contributed by atoms with Crippen LogP contribution in [0.2, 0.25) is 0 Å². The summed E-state index contributed by atoms with van der Waals surface area (Å²) in [7, 11) is -1.45. The van der Waals surface area contributed by atoms with Crippen LogP contribution in [-0.4, -0.2) is 47.8 Å². The quantitative estimate of drug-likeness (QED) is 0.685. The van der Waals surface area contributed by atoms with Crippen LogP contribution >= 0.6 is 0 Å². The van der Waals surface area contributed by atoms with Crippen LogP contribution in [0.1, 0.15) is 27.2 Å². The minimum Gasteiger partial charge on any atom is -0.492 e. The first kappa shape index (κ1) is 16.0. The van der Waals surface area contributed by atoms with Gasteiger partial charge in [-0.2, -0.15) is 0 Å². The van der Waals surface area contributed by atoms with E-state index >= 15 is 0 Å². The van der Waals surface area contributed by atoms with Crippen molar-refractivity contribution in [2.45, 2.75) is 33.2 Å². The minimum absolute atomic E-state index is 0.451. The lowest BCUT2D eigenvalue weighted by Crippen LogP contribution is -2.35. The van der Waals surface area contributed by atoms with Gasteiger partial charge < -0.3 is 14.8 Å². The Morgan fingerprint density at radius 2 is 2.00 bits per heavy atom. The molecular weight excluding hydrogens is 241 g/mol. The molecule has 0 aromatic heterocycles. The fraction of sp³-hybridized carbons (Fsp3) is 0.571. The van der Waals surface area contributed by atoms with E-state index in [0.29, 0.717) is 23.9 Å². The molecule has 0 spiro atoms. The number of benzene rings is 1. The van der Waals surface area contributed by atoms with Crippen LogP contribution in [-0.2, 0) is 0 Å². The molecule has 0 saturated carbocycles. The van der Waals surface area contributed by atoms with Gasteiger partial charge in [0.1, 0.15) is 12.4 Å². The molecule has 19 heavy (non-hydrogen) atoms. The summed E-state index contributed by atoms with van der Waals surface area (Å²) in [5, 5.41) is 18.2. The Balaban J connectivity index is 2.45. The maximum atomic E-state index is 9.10. The van der Waals surface area contributed by atoms with Crippen LogP contribution < -0.4 is 10.2 Å². The molecule has 0 radical (unpaired) electrons. The van der Waals surface area contributed by atoms with Gasteiger partial charge in [0.15, 0.2) is 0 Å². The highest BCUT2D eigenvalue weighted by Gasteiger charge is 2.12. The van der Waals surface area contributed by atoms with Crippen molar-refractivity contribution in [1.82, 2.24) is 4.90 Å². The van der Waals surface area contributed by atoms with E-state index in [9.17, 15) is 0 Å². The van der Waals surface area contributed by atoms with Crippen molar-refractivity contribution in [3.05, 3.63) is 24.3 Å². The summed E-state index contributed by atoms with van der Waals surface area (Å²) >= 11 is 0. The first-order chi connectivity index (χ1) is 9.04. The van der Waals surface area contributed by atoms with Crippen LogP contribution in [0.4, 0.5) is 0 Å². The van der Waals surface area contributed by atoms with Crippen molar-refractivity contribution < 1.29 is 14.8 Å². The zero-order valence-electron chi connectivity index (χ0n) is 12.0. The monoisotopic (exact) mass is 265 g/mol. The summed E-state index contributed by atoms with van der Waals surface area (Å²) in [4.78, 5) is 2.37. The summed E-state index contributed by atoms with van der Waals surface area (Å²) in [6, 6.07) is 7.41. The van der Waals surface area contributed by atoms with Gasteiger partial charge in [-0.15, -0.1) is 0 Å². The lowest BCUT2D eigenvalue weighted by molar-refractivity contribution is 0.176. The fourth-order valence-corrected chi connectivity index (χ4v) is 1.96. The molecule has 0 aliphatic rings. The number of ether oxygens (including phenoxy) is 1. The molecule has 0 aliphatic carbocycles. The lowest BCUT2D eigenvalue weighted by Gasteiger charge is -2.25. The zero-order chi connectivity index (χ0) is 14.3. The van der Waals surface area contributed by atoms with Crippen molar-refractivity contribution in [3.63, 3.8) is 0 Å². The number of hydrogen-bond donors (Lipinski definition) is 2. The third-order valence-corrected chi connectivity index (χ3v) is 3.04. The Bertz CT molecular complexity index is 371. The van der Waals surface area contributed by atoms with Gasteiger partial charge in [0.25, 0.3) is 0 Å². The Morgan fingerprint density at radius 3 is 2.58 bits per heavy atom. The smallest absolute Gasteiger partial charge is 0.488 e. The first-order valence-corrected chi connectivity index (χ1v) is 6.87. The molecule has 1 aromatic rings. The molecule has 0 unspecified atom stereocenters. The maximum absolute atomic E-state index is 9.10. The molecular formula is C14H24BNO3. The van der Waals surface area contributed by atoms with Crippen molar-refractivity contribution >= 4 is 12.6 Å². The second-order valence-corrected chi connectivity index (χ2v) is 4.92. The number of nitrogens with zero attached hydrogens (tertiary/aromatic N) is 1. The number of rotatable bonds is 8. The molecule has 0 amide bonds. The second kappa shape index (κ2) is 8.20. The highest BCUT2D eigenvalue weighted by Crippen LogP contribution is 2.08. The molecule has 0 fully saturated rings. The van der Waals surface area contributed by atoms with E-state index in [4.69, 9.17) is 14.8 Å². The van der Waals surface area contributed by atoms with Gasteiger partial charge in [-0.1, -0.05) is 19.1 Å². The zero-order valence-corrected chi connectivity index (χ0v) is 12.0. The van der Waals surface area contributed by atoms with E-state index in [1.54, 1.807) is 18.2 Å². The average molecular weight is 265 g/mol. The van der Waals surface area contributed by atoms with Gasteiger partial charge in [-0.05, 0) is 44.4 Å². The molecule has 2 N–H and O–H groups in total. The van der Waals surface area contributed by atoms with Gasteiger partial charge in [0.2, 0.25) is 0 Å². The van der Waals surface area contributed by atoms with Gasteiger partial charge >= 0.3 is 7.12 Å². The largest absolute Gasteiger partial charge is 0.492 e. The van der Waals surface area contributed by atoms with Crippen molar-refractivity contribution in [2.24, 2.45) is 0 Å². The molecule has 0 heterocycles.